The number of nitrogens with zero attached hydrogens (tertiary/aromatic N) is 1. The van der Waals surface area contributed by atoms with Crippen LogP contribution in [0.2, 0.25) is 0 Å². The molecule has 0 fully saturated rings. The molecule has 0 aliphatic rings. The van der Waals surface area contributed by atoms with Gasteiger partial charge in [-0.3, -0.25) is 14.4 Å². The van der Waals surface area contributed by atoms with Crippen molar-refractivity contribution in [1.29, 1.82) is 0 Å². The number of nitrogens with one attached hydrogen (secondary N) is 3. The van der Waals surface area contributed by atoms with Gasteiger partial charge in [0.1, 0.15) is 5.70 Å². The number of aromatic nitrogens is 1. The molecule has 6 aromatic rings. The molecule has 5 aromatic carbocycles. The van der Waals surface area contributed by atoms with E-state index in [1.165, 1.54) is 23.1 Å². The Kier molecular flexibility index (Phi) is 10.4. The highest BCUT2D eigenvalue weighted by atomic mass is 32.2. The van der Waals surface area contributed by atoms with Gasteiger partial charge in [0.05, 0.1) is 10.9 Å². The molecule has 0 aliphatic carbocycles. The van der Waals surface area contributed by atoms with Gasteiger partial charge in [-0.1, -0.05) is 104 Å². The van der Waals surface area contributed by atoms with Crippen LogP contribution in [0.1, 0.15) is 29.3 Å². The molecular formula is C39H32N4O3S2. The summed E-state index contributed by atoms with van der Waals surface area (Å²) in [5.41, 5.74) is 3.67. The molecule has 1 unspecified atom stereocenters. The van der Waals surface area contributed by atoms with Crippen molar-refractivity contribution in [3.8, 4) is 11.3 Å². The Morgan fingerprint density at radius 1 is 0.812 bits per heavy atom. The second kappa shape index (κ2) is 15.4. The summed E-state index contributed by atoms with van der Waals surface area (Å²) in [7, 11) is 0. The van der Waals surface area contributed by atoms with Gasteiger partial charge in [0.25, 0.3) is 11.8 Å². The molecule has 0 saturated heterocycles. The number of hydrogen-bond donors (Lipinski definition) is 3. The number of amides is 3. The van der Waals surface area contributed by atoms with E-state index in [9.17, 15) is 14.4 Å². The van der Waals surface area contributed by atoms with E-state index in [0.29, 0.717) is 22.8 Å². The summed E-state index contributed by atoms with van der Waals surface area (Å²) in [6.07, 6.45) is 2.28. The summed E-state index contributed by atoms with van der Waals surface area (Å²) < 4.78 is 0. The molecule has 0 spiro atoms. The Morgan fingerprint density at radius 3 is 2.31 bits per heavy atom. The number of thioether (sulfide) groups is 1. The first-order valence-electron chi connectivity index (χ1n) is 15.4. The zero-order valence-corrected chi connectivity index (χ0v) is 27.7. The maximum Gasteiger partial charge on any atom is 0.272 e. The smallest absolute Gasteiger partial charge is 0.272 e. The molecule has 0 radical (unpaired) electrons. The highest BCUT2D eigenvalue weighted by Gasteiger charge is 2.21. The van der Waals surface area contributed by atoms with Crippen molar-refractivity contribution in [2.24, 2.45) is 0 Å². The third-order valence-corrected chi connectivity index (χ3v) is 9.61. The molecule has 1 aromatic heterocycles. The van der Waals surface area contributed by atoms with Gasteiger partial charge in [-0.05, 0) is 59.2 Å². The summed E-state index contributed by atoms with van der Waals surface area (Å²) in [5.74, 6) is -1.01. The Bertz CT molecular complexity index is 2090. The van der Waals surface area contributed by atoms with Crippen molar-refractivity contribution < 1.29 is 14.4 Å². The van der Waals surface area contributed by atoms with Crippen molar-refractivity contribution in [2.45, 2.75) is 23.5 Å². The van der Waals surface area contributed by atoms with Crippen LogP contribution in [0.25, 0.3) is 28.1 Å². The minimum Gasteiger partial charge on any atom is -0.321 e. The van der Waals surface area contributed by atoms with Crippen molar-refractivity contribution in [1.82, 2.24) is 10.3 Å². The normalized spacial score (nSPS) is 11.9. The number of benzene rings is 5. The summed E-state index contributed by atoms with van der Waals surface area (Å²) in [4.78, 5) is 45.6. The van der Waals surface area contributed by atoms with Gasteiger partial charge in [0.15, 0.2) is 5.13 Å². The average Bonchev–Trinajstić information content (AvgIpc) is 3.59. The molecule has 0 aliphatic heterocycles. The molecule has 0 bridgehead atoms. The van der Waals surface area contributed by atoms with Crippen molar-refractivity contribution in [3.63, 3.8) is 0 Å². The first-order valence-corrected chi connectivity index (χ1v) is 17.2. The van der Waals surface area contributed by atoms with E-state index in [1.54, 1.807) is 36.4 Å². The van der Waals surface area contributed by atoms with E-state index >= 15 is 0 Å². The molecule has 0 saturated carbocycles. The Labute approximate surface area is 287 Å². The topological polar surface area (TPSA) is 100 Å². The molecule has 48 heavy (non-hydrogen) atoms. The predicted octanol–water partition coefficient (Wildman–Crippen LogP) is 8.88. The molecule has 9 heteroatoms. The summed E-state index contributed by atoms with van der Waals surface area (Å²) in [5, 5.41) is 12.8. The van der Waals surface area contributed by atoms with Gasteiger partial charge in [0.2, 0.25) is 5.91 Å². The first-order chi connectivity index (χ1) is 23.5. The van der Waals surface area contributed by atoms with Crippen LogP contribution in [0.15, 0.2) is 143 Å². The molecule has 7 nitrogen and oxygen atoms in total. The van der Waals surface area contributed by atoms with Gasteiger partial charge in [-0.2, -0.15) is 0 Å². The van der Waals surface area contributed by atoms with E-state index in [-0.39, 0.29) is 16.9 Å². The number of hydrogen-bond acceptors (Lipinski definition) is 6. The fourth-order valence-electron chi connectivity index (χ4n) is 5.06. The summed E-state index contributed by atoms with van der Waals surface area (Å²) in [6, 6.07) is 39.6. The first kappa shape index (κ1) is 32.4. The van der Waals surface area contributed by atoms with Crippen LogP contribution in [0, 0.1) is 0 Å². The lowest BCUT2D eigenvalue weighted by molar-refractivity contribution is -0.116. The number of anilines is 2. The molecule has 238 valence electrons. The molecule has 1 heterocycles. The standard InChI is InChI=1S/C39H32N4O3S2/c1-2-35(38(46)43-39-42-34(25-47-39)27-14-5-3-6-15-27)48-31-21-12-20-30(24-31)40-37(45)33(41-36(44)28-16-7-4-8-17-28)23-29-19-11-18-26-13-9-10-22-32(26)29/h3-25,35H,2H2,1H3,(H,40,45)(H,41,44)(H,42,43,46)/b33-23+. The lowest BCUT2D eigenvalue weighted by atomic mass is 10.0. The van der Waals surface area contributed by atoms with Gasteiger partial charge in [-0.15, -0.1) is 23.1 Å². The van der Waals surface area contributed by atoms with Crippen LogP contribution in [0.4, 0.5) is 10.8 Å². The van der Waals surface area contributed by atoms with Gasteiger partial charge in [0, 0.05) is 27.1 Å². The predicted molar refractivity (Wildman–Crippen MR) is 197 cm³/mol. The second-order valence-corrected chi connectivity index (χ2v) is 13.0. The van der Waals surface area contributed by atoms with Crippen molar-refractivity contribution in [2.75, 3.05) is 10.6 Å². The minimum absolute atomic E-state index is 0.0994. The Balaban J connectivity index is 1.18. The van der Waals surface area contributed by atoms with Crippen LogP contribution in [-0.4, -0.2) is 28.0 Å². The van der Waals surface area contributed by atoms with Crippen LogP contribution in [0.3, 0.4) is 0 Å². The van der Waals surface area contributed by atoms with Crippen molar-refractivity contribution in [3.05, 3.63) is 150 Å². The zero-order chi connectivity index (χ0) is 33.3. The molecule has 1 atom stereocenters. The SMILES string of the molecule is CCC(Sc1cccc(NC(=O)/C(=C\c2cccc3ccccc23)NC(=O)c2ccccc2)c1)C(=O)Nc1nc(-c2ccccc2)cs1. The van der Waals surface area contributed by atoms with E-state index < -0.39 is 11.8 Å². The van der Waals surface area contributed by atoms with E-state index in [1.807, 2.05) is 109 Å². The molecule has 3 N–H and O–H groups in total. The van der Waals surface area contributed by atoms with E-state index in [0.717, 1.165) is 32.5 Å². The second-order valence-electron chi connectivity index (χ2n) is 10.8. The van der Waals surface area contributed by atoms with E-state index in [2.05, 4.69) is 20.9 Å². The summed E-state index contributed by atoms with van der Waals surface area (Å²) in [6.45, 7) is 1.96. The average molecular weight is 669 g/mol. The largest absolute Gasteiger partial charge is 0.321 e. The zero-order valence-electron chi connectivity index (χ0n) is 26.1. The lowest BCUT2D eigenvalue weighted by Crippen LogP contribution is -2.30. The number of thiazole rings is 1. The molecule has 3 amide bonds. The number of carbonyl (C=O) groups is 3. The number of carbonyl (C=O) groups excluding carboxylic acids is 3. The van der Waals surface area contributed by atoms with Crippen LogP contribution < -0.4 is 16.0 Å². The Hall–Kier alpha value is -5.51. The van der Waals surface area contributed by atoms with E-state index in [4.69, 9.17) is 0 Å². The lowest BCUT2D eigenvalue weighted by Gasteiger charge is -2.15. The quantitative estimate of drug-likeness (QED) is 0.0946. The van der Waals surface area contributed by atoms with Gasteiger partial charge < -0.3 is 16.0 Å². The fourth-order valence-corrected chi connectivity index (χ4v) is 6.80. The highest BCUT2D eigenvalue weighted by Crippen LogP contribution is 2.30. The van der Waals surface area contributed by atoms with Gasteiger partial charge in [-0.25, -0.2) is 4.98 Å². The monoisotopic (exact) mass is 668 g/mol. The highest BCUT2D eigenvalue weighted by molar-refractivity contribution is 8.00. The summed E-state index contributed by atoms with van der Waals surface area (Å²) >= 11 is 2.80. The fraction of sp³-hybridized carbons (Fsp3) is 0.0769. The number of fused-ring (bicyclic) bond motifs is 1. The third kappa shape index (κ3) is 8.06. The maximum absolute atomic E-state index is 13.8. The minimum atomic E-state index is -0.475. The van der Waals surface area contributed by atoms with Crippen LogP contribution in [0.5, 0.6) is 0 Å². The maximum atomic E-state index is 13.8. The Morgan fingerprint density at radius 2 is 1.52 bits per heavy atom. The number of rotatable bonds is 11. The molecular weight excluding hydrogens is 637 g/mol. The van der Waals surface area contributed by atoms with Crippen molar-refractivity contribution >= 4 is 68.5 Å². The third-order valence-electron chi connectivity index (χ3n) is 7.49. The molecule has 6 rings (SSSR count). The van der Waals surface area contributed by atoms with Crippen LogP contribution in [-0.2, 0) is 9.59 Å². The van der Waals surface area contributed by atoms with Crippen LogP contribution >= 0.6 is 23.1 Å². The van der Waals surface area contributed by atoms with Gasteiger partial charge >= 0.3 is 0 Å².